The maximum absolute atomic E-state index is 2.50. The summed E-state index contributed by atoms with van der Waals surface area (Å²) in [5, 5.41) is 0. The van der Waals surface area contributed by atoms with Crippen LogP contribution in [0.25, 0.3) is 0 Å². The third kappa shape index (κ3) is 1.61. The molecule has 2 rings (SSSR count). The van der Waals surface area contributed by atoms with Crippen molar-refractivity contribution in [3.8, 4) is 0 Å². The second-order valence-electron chi connectivity index (χ2n) is 6.16. The topological polar surface area (TPSA) is 0 Å². The van der Waals surface area contributed by atoms with Crippen LogP contribution in [0.15, 0.2) is 0 Å². The minimum Gasteiger partial charge on any atom is -0.0622 e. The van der Waals surface area contributed by atoms with E-state index in [2.05, 4.69) is 27.7 Å². The Morgan fingerprint density at radius 2 is 0.929 bits per heavy atom. The Hall–Kier alpha value is 0. The molecule has 0 amide bonds. The first kappa shape index (κ1) is 10.5. The fourth-order valence-electron chi connectivity index (χ4n) is 4.01. The molecule has 2 fully saturated rings. The van der Waals surface area contributed by atoms with Gasteiger partial charge >= 0.3 is 0 Å². The molecule has 2 saturated carbocycles. The van der Waals surface area contributed by atoms with Gasteiger partial charge in [0.25, 0.3) is 0 Å². The largest absolute Gasteiger partial charge is 0.0622 e. The molecule has 2 aliphatic rings. The van der Waals surface area contributed by atoms with E-state index in [1.165, 1.54) is 25.7 Å². The van der Waals surface area contributed by atoms with Crippen LogP contribution < -0.4 is 0 Å². The first-order valence-corrected chi connectivity index (χ1v) is 6.61. The van der Waals surface area contributed by atoms with Crippen molar-refractivity contribution in [2.45, 2.75) is 53.4 Å². The molecule has 0 aliphatic heterocycles. The van der Waals surface area contributed by atoms with Crippen LogP contribution in [0.3, 0.4) is 0 Å². The summed E-state index contributed by atoms with van der Waals surface area (Å²) in [6.45, 7) is 9.93. The standard InChI is InChI=1S/C14H26/c1-9-5-7-14-12(4)10(2)6-8-13(14)11(9)3/h9-14H,5-8H2,1-4H3. The molecule has 0 spiro atoms. The van der Waals surface area contributed by atoms with Gasteiger partial charge in [-0.1, -0.05) is 40.5 Å². The summed E-state index contributed by atoms with van der Waals surface area (Å²) in [6.07, 6.45) is 6.00. The van der Waals surface area contributed by atoms with Crippen molar-refractivity contribution >= 4 is 0 Å². The molecule has 0 N–H and O–H groups in total. The van der Waals surface area contributed by atoms with Gasteiger partial charge in [0.15, 0.2) is 0 Å². The van der Waals surface area contributed by atoms with E-state index in [4.69, 9.17) is 0 Å². The van der Waals surface area contributed by atoms with Gasteiger partial charge in [0.1, 0.15) is 0 Å². The van der Waals surface area contributed by atoms with Crippen molar-refractivity contribution in [2.24, 2.45) is 35.5 Å². The van der Waals surface area contributed by atoms with Gasteiger partial charge in [-0.05, 0) is 48.3 Å². The summed E-state index contributed by atoms with van der Waals surface area (Å²) < 4.78 is 0. The Balaban J connectivity index is 2.10. The fourth-order valence-corrected chi connectivity index (χ4v) is 4.01. The highest BCUT2D eigenvalue weighted by molar-refractivity contribution is 4.90. The Kier molecular flexibility index (Phi) is 2.91. The Morgan fingerprint density at radius 1 is 0.571 bits per heavy atom. The van der Waals surface area contributed by atoms with Gasteiger partial charge in [0.2, 0.25) is 0 Å². The minimum absolute atomic E-state index is 0.983. The lowest BCUT2D eigenvalue weighted by Crippen LogP contribution is -2.40. The molecular weight excluding hydrogens is 168 g/mol. The second-order valence-corrected chi connectivity index (χ2v) is 6.16. The molecule has 14 heavy (non-hydrogen) atoms. The van der Waals surface area contributed by atoms with E-state index < -0.39 is 0 Å². The molecule has 6 unspecified atom stereocenters. The van der Waals surface area contributed by atoms with Crippen LogP contribution in [-0.2, 0) is 0 Å². The van der Waals surface area contributed by atoms with E-state index in [9.17, 15) is 0 Å². The van der Waals surface area contributed by atoms with Gasteiger partial charge in [0, 0.05) is 0 Å². The molecule has 0 nitrogen and oxygen atoms in total. The van der Waals surface area contributed by atoms with Crippen molar-refractivity contribution in [1.82, 2.24) is 0 Å². The van der Waals surface area contributed by atoms with E-state index in [1.54, 1.807) is 0 Å². The molecule has 2 aliphatic carbocycles. The van der Waals surface area contributed by atoms with Gasteiger partial charge in [-0.2, -0.15) is 0 Å². The van der Waals surface area contributed by atoms with Crippen molar-refractivity contribution in [2.75, 3.05) is 0 Å². The van der Waals surface area contributed by atoms with Gasteiger partial charge in [-0.15, -0.1) is 0 Å². The lowest BCUT2D eigenvalue weighted by molar-refractivity contribution is 0.0119. The molecule has 0 radical (unpaired) electrons. The van der Waals surface area contributed by atoms with Gasteiger partial charge < -0.3 is 0 Å². The smallest absolute Gasteiger partial charge is 0.0355 e. The SMILES string of the molecule is CC1CCC2C(C)C(C)CCC2C1C. The predicted molar refractivity (Wildman–Crippen MR) is 62.1 cm³/mol. The highest BCUT2D eigenvalue weighted by Gasteiger charge is 2.41. The third-order valence-electron chi connectivity index (χ3n) is 5.61. The van der Waals surface area contributed by atoms with Crippen molar-refractivity contribution in [3.05, 3.63) is 0 Å². The summed E-state index contributed by atoms with van der Waals surface area (Å²) in [7, 11) is 0. The van der Waals surface area contributed by atoms with Crippen LogP contribution in [0, 0.1) is 35.5 Å². The van der Waals surface area contributed by atoms with Crippen LogP contribution >= 0.6 is 0 Å². The number of hydrogen-bond acceptors (Lipinski definition) is 0. The summed E-state index contributed by atoms with van der Waals surface area (Å²) in [5.74, 6) is 6.07. The first-order valence-electron chi connectivity index (χ1n) is 6.61. The highest BCUT2D eigenvalue weighted by Crippen LogP contribution is 2.49. The summed E-state index contributed by atoms with van der Waals surface area (Å²) in [6, 6.07) is 0. The zero-order valence-electron chi connectivity index (χ0n) is 10.3. The van der Waals surface area contributed by atoms with Gasteiger partial charge in [-0.3, -0.25) is 0 Å². The zero-order chi connectivity index (χ0) is 10.3. The van der Waals surface area contributed by atoms with Crippen LogP contribution in [0.2, 0.25) is 0 Å². The lowest BCUT2D eigenvalue weighted by atomic mass is 9.57. The maximum Gasteiger partial charge on any atom is -0.0355 e. The van der Waals surface area contributed by atoms with Gasteiger partial charge in [-0.25, -0.2) is 0 Å². The van der Waals surface area contributed by atoms with E-state index in [0.29, 0.717) is 0 Å². The Bertz CT molecular complexity index is 174. The minimum atomic E-state index is 0.983. The van der Waals surface area contributed by atoms with Crippen molar-refractivity contribution in [1.29, 1.82) is 0 Å². The Labute approximate surface area is 89.5 Å². The van der Waals surface area contributed by atoms with E-state index >= 15 is 0 Å². The van der Waals surface area contributed by atoms with Crippen LogP contribution in [-0.4, -0.2) is 0 Å². The molecular formula is C14H26. The molecule has 0 heterocycles. The lowest BCUT2D eigenvalue weighted by Gasteiger charge is -2.48. The quantitative estimate of drug-likeness (QED) is 0.538. The number of rotatable bonds is 0. The highest BCUT2D eigenvalue weighted by atomic mass is 14.5. The van der Waals surface area contributed by atoms with Crippen LogP contribution in [0.4, 0.5) is 0 Å². The Morgan fingerprint density at radius 3 is 1.29 bits per heavy atom. The molecule has 0 aromatic rings. The normalized spacial score (nSPS) is 54.0. The zero-order valence-corrected chi connectivity index (χ0v) is 10.3. The number of hydrogen-bond donors (Lipinski definition) is 0. The number of fused-ring (bicyclic) bond motifs is 1. The van der Waals surface area contributed by atoms with Crippen molar-refractivity contribution in [3.63, 3.8) is 0 Å². The molecule has 82 valence electrons. The fraction of sp³-hybridized carbons (Fsp3) is 1.00. The summed E-state index contributed by atoms with van der Waals surface area (Å²) in [5.41, 5.74) is 0. The van der Waals surface area contributed by atoms with Crippen molar-refractivity contribution < 1.29 is 0 Å². The predicted octanol–water partition coefficient (Wildman–Crippen LogP) is 4.35. The van der Waals surface area contributed by atoms with Crippen LogP contribution in [0.1, 0.15) is 53.4 Å². The van der Waals surface area contributed by atoms with Crippen LogP contribution in [0.5, 0.6) is 0 Å². The molecule has 0 bridgehead atoms. The molecule has 6 atom stereocenters. The maximum atomic E-state index is 2.50. The summed E-state index contributed by atoms with van der Waals surface area (Å²) >= 11 is 0. The first-order chi connectivity index (χ1) is 6.61. The molecule has 0 aromatic heterocycles. The molecule has 0 aromatic carbocycles. The molecule has 0 saturated heterocycles. The van der Waals surface area contributed by atoms with E-state index in [-0.39, 0.29) is 0 Å². The van der Waals surface area contributed by atoms with Gasteiger partial charge in [0.05, 0.1) is 0 Å². The monoisotopic (exact) mass is 194 g/mol. The van der Waals surface area contributed by atoms with E-state index in [0.717, 1.165) is 35.5 Å². The van der Waals surface area contributed by atoms with E-state index in [1.807, 2.05) is 0 Å². The second kappa shape index (κ2) is 3.87. The summed E-state index contributed by atoms with van der Waals surface area (Å²) in [4.78, 5) is 0. The average molecular weight is 194 g/mol. The third-order valence-corrected chi connectivity index (χ3v) is 5.61. The molecule has 0 heteroatoms. The average Bonchev–Trinajstić information content (AvgIpc) is 2.17.